The molecule has 0 heterocycles. The molecular weight excluding hydrogens is 368 g/mol. The predicted octanol–water partition coefficient (Wildman–Crippen LogP) is 2.63. The fraction of sp³-hybridized carbons (Fsp3) is 0.250. The molecule has 6 nitrogen and oxygen atoms in total. The van der Waals surface area contributed by atoms with Crippen molar-refractivity contribution in [2.24, 2.45) is 0 Å². The molecule has 27 heavy (non-hydrogen) atoms. The molecule has 0 bridgehead atoms. The third kappa shape index (κ3) is 5.31. The van der Waals surface area contributed by atoms with Crippen LogP contribution in [0.4, 0.5) is 5.69 Å². The van der Waals surface area contributed by atoms with Crippen LogP contribution < -0.4 is 15.0 Å². The van der Waals surface area contributed by atoms with Crippen LogP contribution in [0.2, 0.25) is 5.02 Å². The lowest BCUT2D eigenvalue weighted by molar-refractivity contribution is -0.138. The number of hydrogen-bond donors (Lipinski definition) is 1. The molecule has 0 radical (unpaired) electrons. The first-order valence-electron chi connectivity index (χ1n) is 8.41. The van der Waals surface area contributed by atoms with Crippen molar-refractivity contribution in [3.63, 3.8) is 0 Å². The zero-order valence-electron chi connectivity index (χ0n) is 15.1. The van der Waals surface area contributed by atoms with E-state index in [0.717, 1.165) is 5.56 Å². The number of Topliss-reactive ketones (excluding diaryl/α,β-unsaturated/α-hetero) is 1. The van der Waals surface area contributed by atoms with Crippen LogP contribution in [-0.2, 0) is 20.8 Å². The van der Waals surface area contributed by atoms with Gasteiger partial charge in [0, 0.05) is 11.6 Å². The summed E-state index contributed by atoms with van der Waals surface area (Å²) in [6.45, 7) is 1.78. The fourth-order valence-corrected chi connectivity index (χ4v) is 2.83. The quantitative estimate of drug-likeness (QED) is 0.529. The largest absolute Gasteiger partial charge is 0.495 e. The van der Waals surface area contributed by atoms with Gasteiger partial charge in [0.1, 0.15) is 11.8 Å². The number of benzene rings is 2. The number of para-hydroxylation sites is 2. The normalized spacial score (nSPS) is 11.4. The summed E-state index contributed by atoms with van der Waals surface area (Å²) in [4.78, 5) is 37.4. The second-order valence-electron chi connectivity index (χ2n) is 5.86. The average molecular weight is 389 g/mol. The Morgan fingerprint density at radius 3 is 2.63 bits per heavy atom. The molecule has 0 aliphatic rings. The van der Waals surface area contributed by atoms with Gasteiger partial charge in [0.15, 0.2) is 0 Å². The SMILES string of the molecule is COc1ccccc1N(C=O)C(C)C(=O)C(=O)NCCc1cccc(Cl)c1. The van der Waals surface area contributed by atoms with Gasteiger partial charge in [-0.1, -0.05) is 35.9 Å². The molecule has 2 amide bonds. The van der Waals surface area contributed by atoms with E-state index < -0.39 is 17.7 Å². The molecule has 2 aromatic rings. The van der Waals surface area contributed by atoms with Gasteiger partial charge in [-0.15, -0.1) is 0 Å². The Bertz CT molecular complexity index is 825. The van der Waals surface area contributed by atoms with Crippen LogP contribution in [0.25, 0.3) is 0 Å². The number of ketones is 1. The molecule has 0 saturated carbocycles. The van der Waals surface area contributed by atoms with Crippen LogP contribution in [-0.4, -0.2) is 37.8 Å². The van der Waals surface area contributed by atoms with E-state index in [1.165, 1.54) is 18.9 Å². The molecule has 1 N–H and O–H groups in total. The van der Waals surface area contributed by atoms with E-state index in [0.29, 0.717) is 29.3 Å². The summed E-state index contributed by atoms with van der Waals surface area (Å²) in [5.74, 6) is -1.02. The molecule has 0 saturated heterocycles. The van der Waals surface area contributed by atoms with Crippen LogP contribution in [0.5, 0.6) is 5.75 Å². The minimum atomic E-state index is -0.968. The molecule has 2 aromatic carbocycles. The molecule has 0 aliphatic heterocycles. The van der Waals surface area contributed by atoms with E-state index in [-0.39, 0.29) is 6.54 Å². The molecule has 1 unspecified atom stereocenters. The lowest BCUT2D eigenvalue weighted by Gasteiger charge is -2.25. The topological polar surface area (TPSA) is 75.7 Å². The van der Waals surface area contributed by atoms with E-state index in [1.54, 1.807) is 36.4 Å². The maximum absolute atomic E-state index is 12.4. The van der Waals surface area contributed by atoms with Crippen molar-refractivity contribution in [3.05, 3.63) is 59.1 Å². The predicted molar refractivity (Wildman–Crippen MR) is 104 cm³/mol. The number of amides is 2. The van der Waals surface area contributed by atoms with E-state index in [2.05, 4.69) is 5.32 Å². The Morgan fingerprint density at radius 2 is 1.96 bits per heavy atom. The van der Waals surface area contributed by atoms with Crippen molar-refractivity contribution < 1.29 is 19.1 Å². The summed E-state index contributed by atoms with van der Waals surface area (Å²) in [7, 11) is 1.47. The van der Waals surface area contributed by atoms with E-state index in [1.807, 2.05) is 12.1 Å². The number of anilines is 1. The molecule has 142 valence electrons. The van der Waals surface area contributed by atoms with Crippen molar-refractivity contribution in [2.45, 2.75) is 19.4 Å². The van der Waals surface area contributed by atoms with Gasteiger partial charge < -0.3 is 15.0 Å². The number of halogens is 1. The molecular formula is C20H21ClN2O4. The molecule has 2 rings (SSSR count). The van der Waals surface area contributed by atoms with E-state index >= 15 is 0 Å². The van der Waals surface area contributed by atoms with Crippen LogP contribution in [0.1, 0.15) is 12.5 Å². The highest BCUT2D eigenvalue weighted by Crippen LogP contribution is 2.28. The number of hydrogen-bond acceptors (Lipinski definition) is 4. The third-order valence-corrected chi connectivity index (χ3v) is 4.32. The van der Waals surface area contributed by atoms with Gasteiger partial charge in [-0.2, -0.15) is 0 Å². The lowest BCUT2D eigenvalue weighted by Crippen LogP contribution is -2.46. The fourth-order valence-electron chi connectivity index (χ4n) is 2.62. The van der Waals surface area contributed by atoms with Gasteiger partial charge >= 0.3 is 0 Å². The summed E-state index contributed by atoms with van der Waals surface area (Å²) in [5.41, 5.74) is 1.37. The Hall–Kier alpha value is -2.86. The van der Waals surface area contributed by atoms with Crippen LogP contribution >= 0.6 is 11.6 Å². The first-order valence-corrected chi connectivity index (χ1v) is 8.79. The van der Waals surface area contributed by atoms with E-state index in [4.69, 9.17) is 16.3 Å². The smallest absolute Gasteiger partial charge is 0.289 e. The first-order chi connectivity index (χ1) is 13.0. The Balaban J connectivity index is 1.99. The van der Waals surface area contributed by atoms with Gasteiger partial charge in [-0.3, -0.25) is 14.4 Å². The molecule has 1 atom stereocenters. The maximum atomic E-state index is 12.4. The van der Waals surface area contributed by atoms with E-state index in [9.17, 15) is 14.4 Å². The first kappa shape index (κ1) is 20.5. The molecule has 7 heteroatoms. The minimum absolute atomic E-state index is 0.285. The molecule has 0 aliphatic carbocycles. The number of ether oxygens (including phenoxy) is 1. The summed E-state index contributed by atoms with van der Waals surface area (Å²) >= 11 is 5.92. The van der Waals surface area contributed by atoms with Crippen molar-refractivity contribution in [1.29, 1.82) is 0 Å². The standard InChI is InChI=1S/C20H21ClN2O4/c1-14(23(13-24)17-8-3-4-9-18(17)27-2)19(25)20(26)22-11-10-15-6-5-7-16(21)12-15/h3-9,12-14H,10-11H2,1-2H3,(H,22,26). The highest BCUT2D eigenvalue weighted by atomic mass is 35.5. The second-order valence-corrected chi connectivity index (χ2v) is 6.30. The number of carbonyl (C=O) groups is 3. The molecule has 0 fully saturated rings. The summed E-state index contributed by atoms with van der Waals surface area (Å²) < 4.78 is 5.22. The van der Waals surface area contributed by atoms with Crippen molar-refractivity contribution >= 4 is 35.4 Å². The summed E-state index contributed by atoms with van der Waals surface area (Å²) in [6, 6.07) is 13.1. The van der Waals surface area contributed by atoms with Gasteiger partial charge in [0.2, 0.25) is 12.2 Å². The van der Waals surface area contributed by atoms with Crippen molar-refractivity contribution in [3.8, 4) is 5.75 Å². The van der Waals surface area contributed by atoms with Crippen molar-refractivity contribution in [2.75, 3.05) is 18.6 Å². The number of methoxy groups -OCH3 is 1. The lowest BCUT2D eigenvalue weighted by atomic mass is 10.1. The number of carbonyl (C=O) groups excluding carboxylic acids is 3. The zero-order valence-corrected chi connectivity index (χ0v) is 15.9. The Morgan fingerprint density at radius 1 is 1.22 bits per heavy atom. The van der Waals surface area contributed by atoms with Gasteiger partial charge in [0.05, 0.1) is 12.8 Å². The average Bonchev–Trinajstić information content (AvgIpc) is 2.68. The van der Waals surface area contributed by atoms with Crippen molar-refractivity contribution in [1.82, 2.24) is 5.32 Å². The van der Waals surface area contributed by atoms with Gasteiger partial charge in [-0.05, 0) is 43.2 Å². The highest BCUT2D eigenvalue weighted by molar-refractivity contribution is 6.39. The summed E-state index contributed by atoms with van der Waals surface area (Å²) in [5, 5.41) is 3.20. The minimum Gasteiger partial charge on any atom is -0.495 e. The Labute approximate surface area is 163 Å². The van der Waals surface area contributed by atoms with Crippen LogP contribution in [0.15, 0.2) is 48.5 Å². The number of nitrogens with zero attached hydrogens (tertiary/aromatic N) is 1. The maximum Gasteiger partial charge on any atom is 0.289 e. The van der Waals surface area contributed by atoms with Crippen LogP contribution in [0, 0.1) is 0 Å². The van der Waals surface area contributed by atoms with Gasteiger partial charge in [-0.25, -0.2) is 0 Å². The van der Waals surface area contributed by atoms with Crippen LogP contribution in [0.3, 0.4) is 0 Å². The van der Waals surface area contributed by atoms with Gasteiger partial charge in [0.25, 0.3) is 5.91 Å². The molecule has 0 aromatic heterocycles. The zero-order chi connectivity index (χ0) is 19.8. The Kier molecular flexibility index (Phi) is 7.37. The molecule has 0 spiro atoms. The second kappa shape index (κ2) is 9.73. The summed E-state index contributed by atoms with van der Waals surface area (Å²) in [6.07, 6.45) is 1.05. The number of nitrogens with one attached hydrogen (secondary N) is 1. The number of rotatable bonds is 9. The third-order valence-electron chi connectivity index (χ3n) is 4.09. The highest BCUT2D eigenvalue weighted by Gasteiger charge is 2.28. The monoisotopic (exact) mass is 388 g/mol.